The van der Waals surface area contributed by atoms with Gasteiger partial charge in [0.15, 0.2) is 0 Å². The van der Waals surface area contributed by atoms with Crippen molar-refractivity contribution < 1.29 is 0 Å². The maximum absolute atomic E-state index is 5.90. The van der Waals surface area contributed by atoms with E-state index in [1.54, 1.807) is 0 Å². The lowest BCUT2D eigenvalue weighted by Gasteiger charge is -2.07. The number of rotatable bonds is 2. The molecular weight excluding hydrogens is 215 g/mol. The molecule has 0 nitrogen and oxygen atoms in total. The zero-order valence-electron chi connectivity index (χ0n) is 8.27. The van der Waals surface area contributed by atoms with E-state index in [-0.39, 0.29) is 0 Å². The highest BCUT2D eigenvalue weighted by Crippen LogP contribution is 2.26. The van der Waals surface area contributed by atoms with Crippen LogP contribution in [0.15, 0.2) is 29.8 Å². The highest BCUT2D eigenvalue weighted by molar-refractivity contribution is 6.48. The summed E-state index contributed by atoms with van der Waals surface area (Å²) in [6.07, 6.45) is 1.90. The van der Waals surface area contributed by atoms with Crippen LogP contribution in [0.1, 0.15) is 23.6 Å². The molecule has 0 radical (unpaired) electrons. The summed E-state index contributed by atoms with van der Waals surface area (Å²) in [6.45, 7) is 7.59. The second kappa shape index (κ2) is 4.68. The van der Waals surface area contributed by atoms with E-state index in [2.05, 4.69) is 6.58 Å². The van der Waals surface area contributed by atoms with Crippen molar-refractivity contribution in [2.45, 2.75) is 13.8 Å². The Labute approximate surface area is 94.8 Å². The molecule has 0 aromatic heterocycles. The van der Waals surface area contributed by atoms with Gasteiger partial charge in [-0.2, -0.15) is 0 Å². The molecule has 0 unspecified atom stereocenters. The molecule has 0 fully saturated rings. The lowest BCUT2D eigenvalue weighted by molar-refractivity contribution is 1.42. The van der Waals surface area contributed by atoms with Crippen molar-refractivity contribution in [3.8, 4) is 0 Å². The van der Waals surface area contributed by atoms with Crippen LogP contribution in [-0.2, 0) is 0 Å². The van der Waals surface area contributed by atoms with Crippen molar-refractivity contribution in [1.29, 1.82) is 0 Å². The summed E-state index contributed by atoms with van der Waals surface area (Å²) in [6, 6.07) is 5.92. The fourth-order valence-electron chi connectivity index (χ4n) is 1.31. The van der Waals surface area contributed by atoms with Crippen molar-refractivity contribution in [3.05, 3.63) is 46.5 Å². The quantitative estimate of drug-likeness (QED) is 0.680. The fourth-order valence-corrected chi connectivity index (χ4v) is 1.58. The first kappa shape index (κ1) is 11.4. The van der Waals surface area contributed by atoms with E-state index in [0.29, 0.717) is 5.03 Å². The molecule has 74 valence electrons. The van der Waals surface area contributed by atoms with Crippen LogP contribution < -0.4 is 0 Å². The van der Waals surface area contributed by atoms with Crippen molar-refractivity contribution in [2.24, 2.45) is 0 Å². The van der Waals surface area contributed by atoms with E-state index in [1.165, 1.54) is 0 Å². The van der Waals surface area contributed by atoms with E-state index < -0.39 is 0 Å². The SMILES string of the molecule is C=C(Cl)c1cccc(C)c1/C=C(\C)Cl. The summed E-state index contributed by atoms with van der Waals surface area (Å²) in [5, 5.41) is 1.27. The Morgan fingerprint density at radius 1 is 1.36 bits per heavy atom. The molecule has 1 aromatic carbocycles. The molecule has 1 rings (SSSR count). The topological polar surface area (TPSA) is 0 Å². The highest BCUT2D eigenvalue weighted by atomic mass is 35.5. The molecule has 0 aliphatic carbocycles. The average molecular weight is 227 g/mol. The molecule has 0 bridgehead atoms. The lowest BCUT2D eigenvalue weighted by atomic mass is 10.0. The molecule has 0 amide bonds. The Balaban J connectivity index is 3.37. The van der Waals surface area contributed by atoms with Crippen molar-refractivity contribution in [3.63, 3.8) is 0 Å². The summed E-state index contributed by atoms with van der Waals surface area (Å²) in [5.41, 5.74) is 3.12. The third-order valence-corrected chi connectivity index (χ3v) is 2.27. The number of hydrogen-bond acceptors (Lipinski definition) is 0. The summed E-state index contributed by atoms with van der Waals surface area (Å²) >= 11 is 11.7. The molecule has 0 aliphatic heterocycles. The molecule has 0 aliphatic rings. The number of aryl methyl sites for hydroxylation is 1. The average Bonchev–Trinajstić information content (AvgIpc) is 2.07. The third kappa shape index (κ3) is 2.63. The van der Waals surface area contributed by atoms with Gasteiger partial charge >= 0.3 is 0 Å². The maximum atomic E-state index is 5.90. The molecule has 0 N–H and O–H groups in total. The van der Waals surface area contributed by atoms with Crippen LogP contribution in [0.25, 0.3) is 11.1 Å². The highest BCUT2D eigenvalue weighted by Gasteiger charge is 2.04. The Bertz CT molecular complexity index is 385. The van der Waals surface area contributed by atoms with Gasteiger partial charge < -0.3 is 0 Å². The van der Waals surface area contributed by atoms with Crippen LogP contribution in [0.4, 0.5) is 0 Å². The standard InChI is InChI=1S/C12H12Cl2/c1-8-5-4-6-11(10(3)14)12(8)7-9(2)13/h4-7H,3H2,1-2H3/b9-7+. The summed E-state index contributed by atoms with van der Waals surface area (Å²) < 4.78 is 0. The lowest BCUT2D eigenvalue weighted by Crippen LogP contribution is -1.87. The van der Waals surface area contributed by atoms with Crippen LogP contribution in [0.5, 0.6) is 0 Å². The largest absolute Gasteiger partial charge is 0.0894 e. The van der Waals surface area contributed by atoms with Crippen molar-refractivity contribution in [2.75, 3.05) is 0 Å². The van der Waals surface area contributed by atoms with Crippen LogP contribution >= 0.6 is 23.2 Å². The Morgan fingerprint density at radius 2 is 2.00 bits per heavy atom. The van der Waals surface area contributed by atoms with Gasteiger partial charge in [0.05, 0.1) is 0 Å². The normalized spacial score (nSPS) is 11.6. The van der Waals surface area contributed by atoms with Gasteiger partial charge in [-0.1, -0.05) is 48.0 Å². The predicted molar refractivity (Wildman–Crippen MR) is 65.6 cm³/mol. The smallest absolute Gasteiger partial charge is 0.0412 e. The van der Waals surface area contributed by atoms with Gasteiger partial charge in [0.2, 0.25) is 0 Å². The molecule has 2 heteroatoms. The third-order valence-electron chi connectivity index (χ3n) is 1.96. The molecule has 1 aromatic rings. The zero-order valence-corrected chi connectivity index (χ0v) is 9.78. The van der Waals surface area contributed by atoms with Gasteiger partial charge in [0.1, 0.15) is 0 Å². The van der Waals surface area contributed by atoms with Gasteiger partial charge in [0.25, 0.3) is 0 Å². The number of hydrogen-bond donors (Lipinski definition) is 0. The van der Waals surface area contributed by atoms with Crippen molar-refractivity contribution in [1.82, 2.24) is 0 Å². The second-order valence-electron chi connectivity index (χ2n) is 3.17. The second-order valence-corrected chi connectivity index (χ2v) is 4.22. The molecule has 14 heavy (non-hydrogen) atoms. The minimum atomic E-state index is 0.540. The maximum Gasteiger partial charge on any atom is 0.0412 e. The van der Waals surface area contributed by atoms with Crippen LogP contribution in [0.3, 0.4) is 0 Å². The molecule has 0 atom stereocenters. The zero-order chi connectivity index (χ0) is 10.7. The van der Waals surface area contributed by atoms with Crippen LogP contribution in [-0.4, -0.2) is 0 Å². The number of halogens is 2. The monoisotopic (exact) mass is 226 g/mol. The molecule has 0 saturated carbocycles. The van der Waals surface area contributed by atoms with E-state index in [0.717, 1.165) is 21.7 Å². The van der Waals surface area contributed by atoms with E-state index in [1.807, 2.05) is 38.1 Å². The van der Waals surface area contributed by atoms with Crippen LogP contribution in [0, 0.1) is 6.92 Å². The molecular formula is C12H12Cl2. The Kier molecular flexibility index (Phi) is 3.79. The minimum absolute atomic E-state index is 0.540. The van der Waals surface area contributed by atoms with Gasteiger partial charge in [-0.25, -0.2) is 0 Å². The van der Waals surface area contributed by atoms with E-state index in [4.69, 9.17) is 23.2 Å². The first-order valence-corrected chi connectivity index (χ1v) is 5.06. The number of benzene rings is 1. The van der Waals surface area contributed by atoms with Gasteiger partial charge in [-0.05, 0) is 36.6 Å². The Morgan fingerprint density at radius 3 is 2.50 bits per heavy atom. The van der Waals surface area contributed by atoms with Crippen LogP contribution in [0.2, 0.25) is 0 Å². The summed E-state index contributed by atoms with van der Waals surface area (Å²) in [4.78, 5) is 0. The predicted octanol–water partition coefficient (Wildman–Crippen LogP) is 4.80. The molecule has 0 saturated heterocycles. The first-order chi connectivity index (χ1) is 6.52. The molecule has 0 heterocycles. The first-order valence-electron chi connectivity index (χ1n) is 4.30. The van der Waals surface area contributed by atoms with Gasteiger partial charge in [0, 0.05) is 10.1 Å². The van der Waals surface area contributed by atoms with E-state index >= 15 is 0 Å². The molecule has 0 spiro atoms. The van der Waals surface area contributed by atoms with Gasteiger partial charge in [-0.3, -0.25) is 0 Å². The Hall–Kier alpha value is -0.720. The van der Waals surface area contributed by atoms with Crippen molar-refractivity contribution >= 4 is 34.3 Å². The number of allylic oxidation sites excluding steroid dienone is 1. The fraction of sp³-hybridized carbons (Fsp3) is 0.167. The summed E-state index contributed by atoms with van der Waals surface area (Å²) in [7, 11) is 0. The summed E-state index contributed by atoms with van der Waals surface area (Å²) in [5.74, 6) is 0. The van der Waals surface area contributed by atoms with E-state index in [9.17, 15) is 0 Å². The minimum Gasteiger partial charge on any atom is -0.0894 e. The van der Waals surface area contributed by atoms with Gasteiger partial charge in [-0.15, -0.1) is 0 Å².